The molecule has 2 rings (SSSR count). The zero-order valence-corrected chi connectivity index (χ0v) is 11.6. The molecule has 2 N–H and O–H groups in total. The molecule has 0 radical (unpaired) electrons. The molecular weight excluding hydrogens is 246 g/mol. The molecule has 18 heavy (non-hydrogen) atoms. The van der Waals surface area contributed by atoms with Gasteiger partial charge in [-0.1, -0.05) is 17.4 Å². The van der Waals surface area contributed by atoms with Crippen LogP contribution in [0.4, 0.5) is 10.8 Å². The van der Waals surface area contributed by atoms with Crippen LogP contribution < -0.4 is 15.4 Å². The Morgan fingerprint density at radius 3 is 2.83 bits per heavy atom. The molecule has 0 fully saturated rings. The molecule has 1 unspecified atom stereocenters. The van der Waals surface area contributed by atoms with Crippen molar-refractivity contribution in [3.8, 4) is 5.75 Å². The summed E-state index contributed by atoms with van der Waals surface area (Å²) in [6, 6.07) is 7.91. The predicted octanol–water partition coefficient (Wildman–Crippen LogP) is 2.94. The van der Waals surface area contributed by atoms with Gasteiger partial charge in [0.1, 0.15) is 5.75 Å². The van der Waals surface area contributed by atoms with Gasteiger partial charge in [-0.15, -0.1) is 0 Å². The highest BCUT2D eigenvalue weighted by Crippen LogP contribution is 2.31. The third-order valence-corrected chi connectivity index (χ3v) is 3.96. The maximum atomic E-state index is 5.84. The van der Waals surface area contributed by atoms with Crippen molar-refractivity contribution >= 4 is 22.2 Å². The van der Waals surface area contributed by atoms with Crippen LogP contribution in [-0.4, -0.2) is 19.1 Å². The molecule has 5 heteroatoms. The lowest BCUT2D eigenvalue weighted by Crippen LogP contribution is -2.08. The summed E-state index contributed by atoms with van der Waals surface area (Å²) >= 11 is 1.61. The fourth-order valence-corrected chi connectivity index (χ4v) is 2.42. The van der Waals surface area contributed by atoms with Gasteiger partial charge in [0.2, 0.25) is 0 Å². The summed E-state index contributed by atoms with van der Waals surface area (Å²) in [5.41, 5.74) is 6.89. The number of nitrogens with zero attached hydrogens (tertiary/aromatic N) is 2. The minimum absolute atomic E-state index is 0.0231. The van der Waals surface area contributed by atoms with Crippen LogP contribution in [0.3, 0.4) is 0 Å². The average molecular weight is 263 g/mol. The normalized spacial score (nSPS) is 12.2. The highest BCUT2D eigenvalue weighted by molar-refractivity contribution is 7.15. The van der Waals surface area contributed by atoms with Crippen molar-refractivity contribution in [2.45, 2.75) is 13.0 Å². The molecule has 1 atom stereocenters. The summed E-state index contributed by atoms with van der Waals surface area (Å²) in [5, 5.41) is 0.926. The van der Waals surface area contributed by atoms with Gasteiger partial charge in [-0.2, -0.15) is 0 Å². The Hall–Kier alpha value is -1.59. The van der Waals surface area contributed by atoms with Gasteiger partial charge in [-0.3, -0.25) is 0 Å². The smallest absolute Gasteiger partial charge is 0.189 e. The third kappa shape index (κ3) is 2.63. The van der Waals surface area contributed by atoms with Gasteiger partial charge in [0.05, 0.1) is 7.11 Å². The molecule has 0 aliphatic carbocycles. The SMILES string of the molecule is COc1cccc(N(C)c2ncc(C(C)N)s2)c1. The lowest BCUT2D eigenvalue weighted by Gasteiger charge is -2.16. The minimum atomic E-state index is 0.0231. The first-order valence-corrected chi connectivity index (χ1v) is 6.52. The molecule has 0 saturated carbocycles. The summed E-state index contributed by atoms with van der Waals surface area (Å²) in [5.74, 6) is 0.836. The molecular formula is C13H17N3OS. The van der Waals surface area contributed by atoms with E-state index in [1.165, 1.54) is 0 Å². The second-order valence-electron chi connectivity index (χ2n) is 4.09. The van der Waals surface area contributed by atoms with E-state index in [2.05, 4.69) is 4.98 Å². The number of benzene rings is 1. The van der Waals surface area contributed by atoms with Crippen LogP contribution in [0.5, 0.6) is 5.75 Å². The zero-order valence-electron chi connectivity index (χ0n) is 10.8. The number of methoxy groups -OCH3 is 1. The highest BCUT2D eigenvalue weighted by atomic mass is 32.1. The van der Waals surface area contributed by atoms with E-state index in [0.717, 1.165) is 21.4 Å². The van der Waals surface area contributed by atoms with Gasteiger partial charge in [0, 0.05) is 35.9 Å². The second-order valence-corrected chi connectivity index (χ2v) is 5.14. The standard InChI is InChI=1S/C13H17N3OS/c1-9(14)12-8-15-13(18-12)16(2)10-5-4-6-11(7-10)17-3/h4-9H,14H2,1-3H3. The van der Waals surface area contributed by atoms with Crippen LogP contribution in [0, 0.1) is 0 Å². The molecule has 2 aromatic rings. The van der Waals surface area contributed by atoms with Crippen molar-refractivity contribution < 1.29 is 4.74 Å². The van der Waals surface area contributed by atoms with E-state index in [1.54, 1.807) is 18.4 Å². The van der Waals surface area contributed by atoms with Crippen LogP contribution in [0.25, 0.3) is 0 Å². The molecule has 0 aliphatic heterocycles. The second kappa shape index (κ2) is 5.37. The van der Waals surface area contributed by atoms with Gasteiger partial charge in [-0.05, 0) is 19.1 Å². The van der Waals surface area contributed by atoms with Crippen LogP contribution in [0.2, 0.25) is 0 Å². The Balaban J connectivity index is 2.26. The molecule has 0 spiro atoms. The minimum Gasteiger partial charge on any atom is -0.497 e. The van der Waals surface area contributed by atoms with Crippen molar-refractivity contribution in [1.82, 2.24) is 4.98 Å². The number of nitrogens with two attached hydrogens (primary N) is 1. The topological polar surface area (TPSA) is 51.4 Å². The first-order chi connectivity index (χ1) is 8.61. The number of rotatable bonds is 4. The monoisotopic (exact) mass is 263 g/mol. The fourth-order valence-electron chi connectivity index (χ4n) is 1.57. The molecule has 96 valence electrons. The first kappa shape index (κ1) is 12.9. The Morgan fingerprint density at radius 2 is 2.22 bits per heavy atom. The molecule has 1 heterocycles. The summed E-state index contributed by atoms with van der Waals surface area (Å²) in [6.07, 6.45) is 1.83. The molecule has 0 amide bonds. The predicted molar refractivity (Wildman–Crippen MR) is 75.8 cm³/mol. The fraction of sp³-hybridized carbons (Fsp3) is 0.308. The zero-order chi connectivity index (χ0) is 13.1. The Morgan fingerprint density at radius 1 is 1.44 bits per heavy atom. The number of anilines is 2. The van der Waals surface area contributed by atoms with Gasteiger partial charge in [0.25, 0.3) is 0 Å². The molecule has 0 aliphatic rings. The van der Waals surface area contributed by atoms with Crippen LogP contribution in [0.1, 0.15) is 17.8 Å². The van der Waals surface area contributed by atoms with E-state index in [-0.39, 0.29) is 6.04 Å². The maximum absolute atomic E-state index is 5.84. The van der Waals surface area contributed by atoms with Crippen LogP contribution >= 0.6 is 11.3 Å². The van der Waals surface area contributed by atoms with E-state index >= 15 is 0 Å². The van der Waals surface area contributed by atoms with Crippen LogP contribution in [-0.2, 0) is 0 Å². The van der Waals surface area contributed by atoms with E-state index in [9.17, 15) is 0 Å². The number of aromatic nitrogens is 1. The largest absolute Gasteiger partial charge is 0.497 e. The van der Waals surface area contributed by atoms with E-state index in [1.807, 2.05) is 49.3 Å². The Kier molecular flexibility index (Phi) is 3.84. The van der Waals surface area contributed by atoms with Gasteiger partial charge in [-0.25, -0.2) is 4.98 Å². The van der Waals surface area contributed by atoms with Gasteiger partial charge < -0.3 is 15.4 Å². The molecule has 1 aromatic carbocycles. The van der Waals surface area contributed by atoms with Crippen molar-refractivity contribution in [2.75, 3.05) is 19.1 Å². The average Bonchev–Trinajstić information content (AvgIpc) is 2.87. The van der Waals surface area contributed by atoms with Crippen molar-refractivity contribution in [3.63, 3.8) is 0 Å². The number of thiazole rings is 1. The van der Waals surface area contributed by atoms with Crippen LogP contribution in [0.15, 0.2) is 30.5 Å². The molecule has 4 nitrogen and oxygen atoms in total. The van der Waals surface area contributed by atoms with E-state index < -0.39 is 0 Å². The van der Waals surface area contributed by atoms with Gasteiger partial charge in [0.15, 0.2) is 5.13 Å². The molecule has 0 bridgehead atoms. The Labute approximate surface area is 111 Å². The lowest BCUT2D eigenvalue weighted by molar-refractivity contribution is 0.415. The number of hydrogen-bond donors (Lipinski definition) is 1. The summed E-state index contributed by atoms with van der Waals surface area (Å²) in [7, 11) is 3.65. The molecule has 0 saturated heterocycles. The quantitative estimate of drug-likeness (QED) is 0.921. The summed E-state index contributed by atoms with van der Waals surface area (Å²) < 4.78 is 5.22. The maximum Gasteiger partial charge on any atom is 0.189 e. The summed E-state index contributed by atoms with van der Waals surface area (Å²) in [6.45, 7) is 1.96. The van der Waals surface area contributed by atoms with E-state index in [0.29, 0.717) is 0 Å². The van der Waals surface area contributed by atoms with Crippen molar-refractivity contribution in [3.05, 3.63) is 35.3 Å². The third-order valence-electron chi connectivity index (χ3n) is 2.69. The summed E-state index contributed by atoms with van der Waals surface area (Å²) in [4.78, 5) is 7.50. The Bertz CT molecular complexity index is 524. The number of ether oxygens (including phenoxy) is 1. The van der Waals surface area contributed by atoms with Gasteiger partial charge >= 0.3 is 0 Å². The van der Waals surface area contributed by atoms with Crippen molar-refractivity contribution in [2.24, 2.45) is 5.73 Å². The van der Waals surface area contributed by atoms with E-state index in [4.69, 9.17) is 10.5 Å². The van der Waals surface area contributed by atoms with Crippen molar-refractivity contribution in [1.29, 1.82) is 0 Å². The molecule has 1 aromatic heterocycles. The number of hydrogen-bond acceptors (Lipinski definition) is 5. The first-order valence-electron chi connectivity index (χ1n) is 5.71. The lowest BCUT2D eigenvalue weighted by atomic mass is 10.3. The highest BCUT2D eigenvalue weighted by Gasteiger charge is 2.11.